The molecule has 16 heavy (non-hydrogen) atoms. The van der Waals surface area contributed by atoms with Gasteiger partial charge in [-0.1, -0.05) is 18.2 Å². The smallest absolute Gasteiger partial charge is 0.0456 e. The molecule has 1 saturated heterocycles. The van der Waals surface area contributed by atoms with Gasteiger partial charge in [-0.3, -0.25) is 0 Å². The van der Waals surface area contributed by atoms with Crippen molar-refractivity contribution < 1.29 is 0 Å². The maximum absolute atomic E-state index is 3.55. The maximum atomic E-state index is 3.55. The predicted octanol–water partition coefficient (Wildman–Crippen LogP) is 1.27. The van der Waals surface area contributed by atoms with Crippen LogP contribution in [0.25, 0.3) is 10.9 Å². The van der Waals surface area contributed by atoms with E-state index in [2.05, 4.69) is 46.1 Å². The summed E-state index contributed by atoms with van der Waals surface area (Å²) < 4.78 is 0. The summed E-state index contributed by atoms with van der Waals surface area (Å²) >= 11 is 0. The quantitative estimate of drug-likeness (QED) is 0.719. The van der Waals surface area contributed by atoms with E-state index in [0.717, 1.165) is 26.1 Å². The molecule has 3 heteroatoms. The molecule has 1 aliphatic heterocycles. The molecule has 0 atom stereocenters. The summed E-state index contributed by atoms with van der Waals surface area (Å²) in [5, 5.41) is 8.17. The van der Waals surface area contributed by atoms with Gasteiger partial charge in [0.2, 0.25) is 0 Å². The molecule has 0 unspecified atom stereocenters. The van der Waals surface area contributed by atoms with Crippen LogP contribution < -0.4 is 10.6 Å². The Morgan fingerprint density at radius 2 is 2.12 bits per heavy atom. The molecular formula is C13H17N3. The fourth-order valence-electron chi connectivity index (χ4n) is 2.18. The molecule has 84 valence electrons. The molecule has 0 bridgehead atoms. The summed E-state index contributed by atoms with van der Waals surface area (Å²) in [6.45, 7) is 3.30. The number of nitrogens with one attached hydrogen (secondary N) is 3. The van der Waals surface area contributed by atoms with Gasteiger partial charge in [0.15, 0.2) is 0 Å². The van der Waals surface area contributed by atoms with Crippen LogP contribution in [0.3, 0.4) is 0 Å². The molecule has 2 aromatic rings. The first-order chi connectivity index (χ1) is 7.93. The largest absolute Gasteiger partial charge is 0.361 e. The first kappa shape index (κ1) is 9.87. The number of fused-ring (bicyclic) bond motifs is 1. The van der Waals surface area contributed by atoms with E-state index >= 15 is 0 Å². The second-order valence-electron chi connectivity index (χ2n) is 4.42. The van der Waals surface area contributed by atoms with Crippen LogP contribution in [0.2, 0.25) is 0 Å². The standard InChI is InChI=1S/C13H17N3/c1-2-4-13-12(3-1)10(7-16-13)5-6-15-11-8-14-9-11/h1-4,7,11,14-16H,5-6,8-9H2. The number of aromatic nitrogens is 1. The Morgan fingerprint density at radius 1 is 1.25 bits per heavy atom. The molecule has 1 aromatic heterocycles. The zero-order chi connectivity index (χ0) is 10.8. The van der Waals surface area contributed by atoms with Gasteiger partial charge in [0.1, 0.15) is 0 Å². The van der Waals surface area contributed by atoms with Crippen LogP contribution in [0.1, 0.15) is 5.56 Å². The fourth-order valence-corrected chi connectivity index (χ4v) is 2.18. The summed E-state index contributed by atoms with van der Waals surface area (Å²) in [7, 11) is 0. The molecule has 0 amide bonds. The Labute approximate surface area is 95.2 Å². The molecule has 2 heterocycles. The summed E-state index contributed by atoms with van der Waals surface area (Å²) in [5.41, 5.74) is 2.65. The van der Waals surface area contributed by atoms with Crippen LogP contribution in [-0.2, 0) is 6.42 Å². The van der Waals surface area contributed by atoms with E-state index in [9.17, 15) is 0 Å². The highest BCUT2D eigenvalue weighted by Gasteiger charge is 2.14. The minimum absolute atomic E-state index is 0.685. The van der Waals surface area contributed by atoms with E-state index in [4.69, 9.17) is 0 Å². The average Bonchev–Trinajstić information content (AvgIpc) is 2.65. The molecule has 1 aliphatic rings. The lowest BCUT2D eigenvalue weighted by Gasteiger charge is -2.28. The fraction of sp³-hybridized carbons (Fsp3) is 0.385. The molecular weight excluding hydrogens is 198 g/mol. The third-order valence-electron chi connectivity index (χ3n) is 3.28. The van der Waals surface area contributed by atoms with Crippen molar-refractivity contribution >= 4 is 10.9 Å². The van der Waals surface area contributed by atoms with Crippen molar-refractivity contribution in [3.63, 3.8) is 0 Å². The Balaban J connectivity index is 1.64. The first-order valence-electron chi connectivity index (χ1n) is 5.92. The minimum atomic E-state index is 0.685. The highest BCUT2D eigenvalue weighted by molar-refractivity contribution is 5.83. The van der Waals surface area contributed by atoms with E-state index in [1.54, 1.807) is 0 Å². The van der Waals surface area contributed by atoms with Crippen LogP contribution in [0, 0.1) is 0 Å². The van der Waals surface area contributed by atoms with Crippen molar-refractivity contribution in [2.45, 2.75) is 12.5 Å². The van der Waals surface area contributed by atoms with Gasteiger partial charge in [0.05, 0.1) is 0 Å². The SMILES string of the molecule is c1ccc2c(CCNC3CNC3)c[nH]c2c1. The van der Waals surface area contributed by atoms with E-state index in [1.165, 1.54) is 16.5 Å². The Kier molecular flexibility index (Phi) is 2.64. The zero-order valence-corrected chi connectivity index (χ0v) is 9.29. The first-order valence-corrected chi connectivity index (χ1v) is 5.92. The molecule has 1 fully saturated rings. The normalized spacial score (nSPS) is 16.5. The third kappa shape index (κ3) is 1.84. The van der Waals surface area contributed by atoms with Crippen LogP contribution in [0.4, 0.5) is 0 Å². The number of benzene rings is 1. The molecule has 3 N–H and O–H groups in total. The minimum Gasteiger partial charge on any atom is -0.361 e. The summed E-state index contributed by atoms with van der Waals surface area (Å²) in [5.74, 6) is 0. The third-order valence-corrected chi connectivity index (χ3v) is 3.28. The van der Waals surface area contributed by atoms with Crippen molar-refractivity contribution in [1.82, 2.24) is 15.6 Å². The number of hydrogen-bond donors (Lipinski definition) is 3. The summed E-state index contributed by atoms with van der Waals surface area (Å²) in [6, 6.07) is 9.17. The van der Waals surface area contributed by atoms with Crippen LogP contribution in [-0.4, -0.2) is 30.7 Å². The molecule has 0 radical (unpaired) electrons. The topological polar surface area (TPSA) is 39.8 Å². The van der Waals surface area contributed by atoms with Gasteiger partial charge in [-0.2, -0.15) is 0 Å². The van der Waals surface area contributed by atoms with Gasteiger partial charge in [-0.15, -0.1) is 0 Å². The van der Waals surface area contributed by atoms with Crippen molar-refractivity contribution in [3.8, 4) is 0 Å². The Morgan fingerprint density at radius 3 is 2.94 bits per heavy atom. The molecule has 0 saturated carbocycles. The zero-order valence-electron chi connectivity index (χ0n) is 9.29. The van der Waals surface area contributed by atoms with E-state index in [-0.39, 0.29) is 0 Å². The van der Waals surface area contributed by atoms with Crippen molar-refractivity contribution in [1.29, 1.82) is 0 Å². The number of para-hydroxylation sites is 1. The van der Waals surface area contributed by atoms with Gasteiger partial charge in [-0.05, 0) is 24.6 Å². The average molecular weight is 215 g/mol. The molecule has 3 rings (SSSR count). The summed E-state index contributed by atoms with van der Waals surface area (Å²) in [4.78, 5) is 3.31. The Bertz CT molecular complexity index is 471. The summed E-state index contributed by atoms with van der Waals surface area (Å²) in [6.07, 6.45) is 3.23. The second-order valence-corrected chi connectivity index (χ2v) is 4.42. The van der Waals surface area contributed by atoms with Gasteiger partial charge >= 0.3 is 0 Å². The lowest BCUT2D eigenvalue weighted by Crippen LogP contribution is -2.55. The van der Waals surface area contributed by atoms with E-state index in [0.29, 0.717) is 6.04 Å². The van der Waals surface area contributed by atoms with Crippen LogP contribution in [0.5, 0.6) is 0 Å². The molecule has 1 aromatic carbocycles. The lowest BCUT2D eigenvalue weighted by molar-refractivity contribution is 0.369. The maximum Gasteiger partial charge on any atom is 0.0456 e. The van der Waals surface area contributed by atoms with Crippen molar-refractivity contribution in [3.05, 3.63) is 36.0 Å². The molecule has 0 spiro atoms. The van der Waals surface area contributed by atoms with Crippen LogP contribution >= 0.6 is 0 Å². The monoisotopic (exact) mass is 215 g/mol. The predicted molar refractivity (Wildman–Crippen MR) is 66.7 cm³/mol. The second kappa shape index (κ2) is 4.28. The highest BCUT2D eigenvalue weighted by atomic mass is 15.1. The van der Waals surface area contributed by atoms with Crippen LogP contribution in [0.15, 0.2) is 30.5 Å². The molecule has 3 nitrogen and oxygen atoms in total. The number of H-pyrrole nitrogens is 1. The molecule has 0 aliphatic carbocycles. The Hall–Kier alpha value is -1.32. The van der Waals surface area contributed by atoms with Gasteiger partial charge in [0.25, 0.3) is 0 Å². The van der Waals surface area contributed by atoms with Crippen molar-refractivity contribution in [2.75, 3.05) is 19.6 Å². The highest BCUT2D eigenvalue weighted by Crippen LogP contribution is 2.17. The van der Waals surface area contributed by atoms with Gasteiger partial charge < -0.3 is 15.6 Å². The van der Waals surface area contributed by atoms with E-state index < -0.39 is 0 Å². The number of hydrogen-bond acceptors (Lipinski definition) is 2. The lowest BCUT2D eigenvalue weighted by atomic mass is 10.1. The number of rotatable bonds is 4. The van der Waals surface area contributed by atoms with E-state index in [1.807, 2.05) is 0 Å². The number of aromatic amines is 1. The van der Waals surface area contributed by atoms with Gasteiger partial charge in [-0.25, -0.2) is 0 Å². The van der Waals surface area contributed by atoms with Crippen molar-refractivity contribution in [2.24, 2.45) is 0 Å². The van der Waals surface area contributed by atoms with Gasteiger partial charge in [0, 0.05) is 36.2 Å².